The molecule has 0 bridgehead atoms. The first-order chi connectivity index (χ1) is 17.9. The molecule has 0 spiro atoms. The van der Waals surface area contributed by atoms with Crippen molar-refractivity contribution in [2.24, 2.45) is 0 Å². The van der Waals surface area contributed by atoms with Crippen LogP contribution in [-0.4, -0.2) is 29.8 Å². The van der Waals surface area contributed by atoms with Crippen LogP contribution in [0.15, 0.2) is 52.7 Å². The monoisotopic (exact) mass is 534 g/mol. The van der Waals surface area contributed by atoms with E-state index in [-0.39, 0.29) is 11.8 Å². The molecule has 2 aromatic rings. The van der Waals surface area contributed by atoms with Crippen LogP contribution in [0.3, 0.4) is 0 Å². The fraction of sp³-hybridized carbons (Fsp3) is 0.276. The number of nitrogens with one attached hydrogen (secondary N) is 2. The van der Waals surface area contributed by atoms with Gasteiger partial charge in [0.2, 0.25) is 11.8 Å². The van der Waals surface area contributed by atoms with Crippen molar-refractivity contribution in [1.82, 2.24) is 4.90 Å². The summed E-state index contributed by atoms with van der Waals surface area (Å²) in [7, 11) is 0. The molecule has 2 amide bonds. The van der Waals surface area contributed by atoms with Crippen LogP contribution >= 0.6 is 23.2 Å². The standard InChI is InChI=1S/C29H26Cl2N3O3/c1-3-34(4-2)17-11-20(30)29(21(31)12-17)28-18-9-15-5-7-26(35)32-22(15)13-24(18)37-25-14-23-16(10-19(25)28)6-8-27(36)33-23/h9-14H,3-8H2,1-2H3,(H,32,35)(H,33,36)/q-1. The summed E-state index contributed by atoms with van der Waals surface area (Å²) >= 11 is 14.0. The second-order valence-electron chi connectivity index (χ2n) is 9.54. The van der Waals surface area contributed by atoms with E-state index >= 15 is 0 Å². The van der Waals surface area contributed by atoms with Gasteiger partial charge < -0.3 is 20.3 Å². The summed E-state index contributed by atoms with van der Waals surface area (Å²) in [5.41, 5.74) is 7.93. The molecule has 6 rings (SSSR count). The third kappa shape index (κ3) is 4.09. The van der Waals surface area contributed by atoms with Gasteiger partial charge in [0.1, 0.15) is 11.5 Å². The van der Waals surface area contributed by atoms with Crippen LogP contribution in [0.1, 0.15) is 48.9 Å². The Kier molecular flexibility index (Phi) is 5.97. The molecule has 37 heavy (non-hydrogen) atoms. The Balaban J connectivity index is 1.58. The number of nitrogens with zero attached hydrogens (tertiary/aromatic N) is 1. The van der Waals surface area contributed by atoms with Crippen molar-refractivity contribution in [3.05, 3.63) is 80.4 Å². The molecule has 0 radical (unpaired) electrons. The molecule has 4 aliphatic rings. The van der Waals surface area contributed by atoms with Crippen molar-refractivity contribution in [1.29, 1.82) is 0 Å². The zero-order chi connectivity index (χ0) is 25.8. The number of allylic oxidation sites excluding steroid dienone is 4. The molecule has 0 saturated carbocycles. The largest absolute Gasteiger partial charge is 0.458 e. The van der Waals surface area contributed by atoms with Gasteiger partial charge in [-0.15, -0.1) is 40.9 Å². The van der Waals surface area contributed by atoms with E-state index in [1.165, 1.54) is 0 Å². The summed E-state index contributed by atoms with van der Waals surface area (Å²) in [4.78, 5) is 26.3. The summed E-state index contributed by atoms with van der Waals surface area (Å²) in [6.07, 6.45) is 6.10. The Morgan fingerprint density at radius 3 is 1.92 bits per heavy atom. The van der Waals surface area contributed by atoms with Gasteiger partial charge in [-0.25, -0.2) is 0 Å². The number of carbonyl (C=O) groups is 2. The lowest BCUT2D eigenvalue weighted by atomic mass is 9.83. The highest BCUT2D eigenvalue weighted by atomic mass is 35.5. The van der Waals surface area contributed by atoms with Gasteiger partial charge in [-0.05, 0) is 65.0 Å². The number of ether oxygens (including phenoxy) is 1. The van der Waals surface area contributed by atoms with Crippen LogP contribution in [0, 0.1) is 5.38 Å². The normalized spacial score (nSPS) is 17.9. The first kappa shape index (κ1) is 24.0. The van der Waals surface area contributed by atoms with Gasteiger partial charge in [0.05, 0.1) is 0 Å². The molecule has 2 N–H and O–H groups in total. The highest BCUT2D eigenvalue weighted by Gasteiger charge is 2.29. The fourth-order valence-corrected chi connectivity index (χ4v) is 6.14. The number of amides is 2. The van der Waals surface area contributed by atoms with Crippen LogP contribution in [0.4, 0.5) is 11.4 Å². The molecular formula is C29H26Cl2N3O3-. The van der Waals surface area contributed by atoms with Gasteiger partial charge in [-0.2, -0.15) is 0 Å². The summed E-state index contributed by atoms with van der Waals surface area (Å²) in [6.45, 7) is 5.88. The van der Waals surface area contributed by atoms with Crippen molar-refractivity contribution in [3.63, 3.8) is 0 Å². The van der Waals surface area contributed by atoms with Gasteiger partial charge in [-0.1, -0.05) is 17.7 Å². The maximum absolute atomic E-state index is 12.1. The van der Waals surface area contributed by atoms with Crippen LogP contribution in [0.2, 0.25) is 0 Å². The van der Waals surface area contributed by atoms with Gasteiger partial charge in [-0.3, -0.25) is 9.59 Å². The number of benzene rings is 2. The molecular weight excluding hydrogens is 509 g/mol. The average molecular weight is 535 g/mol. The second-order valence-corrected chi connectivity index (χ2v) is 10.4. The van der Waals surface area contributed by atoms with Crippen molar-refractivity contribution >= 4 is 52.0 Å². The van der Waals surface area contributed by atoms with Crippen LogP contribution in [0.25, 0.3) is 5.57 Å². The zero-order valence-corrected chi connectivity index (χ0v) is 22.1. The zero-order valence-electron chi connectivity index (χ0n) is 20.6. The van der Waals surface area contributed by atoms with Crippen molar-refractivity contribution < 1.29 is 14.3 Å². The van der Waals surface area contributed by atoms with Crippen molar-refractivity contribution in [3.8, 4) is 11.5 Å². The van der Waals surface area contributed by atoms with Gasteiger partial charge in [0, 0.05) is 49.4 Å². The maximum Gasteiger partial charge on any atom is 0.224 e. The lowest BCUT2D eigenvalue weighted by Crippen LogP contribution is -2.23. The van der Waals surface area contributed by atoms with Gasteiger partial charge in [0.15, 0.2) is 0 Å². The molecule has 2 aromatic carbocycles. The minimum Gasteiger partial charge on any atom is -0.458 e. The molecule has 190 valence electrons. The molecule has 3 aliphatic heterocycles. The smallest absolute Gasteiger partial charge is 0.224 e. The van der Waals surface area contributed by atoms with E-state index in [2.05, 4.69) is 41.5 Å². The molecule has 0 fully saturated rings. The predicted molar refractivity (Wildman–Crippen MR) is 147 cm³/mol. The van der Waals surface area contributed by atoms with E-state index < -0.39 is 0 Å². The minimum absolute atomic E-state index is 0.0114. The fourth-order valence-electron chi connectivity index (χ4n) is 5.48. The van der Waals surface area contributed by atoms with Crippen molar-refractivity contribution in [2.75, 3.05) is 23.7 Å². The van der Waals surface area contributed by atoms with Gasteiger partial charge >= 0.3 is 0 Å². The number of aryl methyl sites for hydroxylation is 2. The summed E-state index contributed by atoms with van der Waals surface area (Å²) in [5.74, 6) is 1.18. The van der Waals surface area contributed by atoms with E-state index in [9.17, 15) is 9.59 Å². The molecule has 0 atom stereocenters. The molecule has 8 heteroatoms. The quantitative estimate of drug-likeness (QED) is 0.376. The molecule has 3 heterocycles. The van der Waals surface area contributed by atoms with Gasteiger partial charge in [0.25, 0.3) is 0 Å². The lowest BCUT2D eigenvalue weighted by Gasteiger charge is -2.37. The summed E-state index contributed by atoms with van der Waals surface area (Å²) in [5, 5.41) is 7.03. The molecule has 0 aromatic heterocycles. The van der Waals surface area contributed by atoms with Crippen LogP contribution in [-0.2, 0) is 22.4 Å². The Labute approximate surface area is 226 Å². The number of carbonyl (C=O) groups excluding carboxylic acids is 2. The van der Waals surface area contributed by atoms with E-state index in [0.29, 0.717) is 47.6 Å². The van der Waals surface area contributed by atoms with E-state index in [0.717, 1.165) is 63.6 Å². The predicted octanol–water partition coefficient (Wildman–Crippen LogP) is 6.50. The Morgan fingerprint density at radius 1 is 0.892 bits per heavy atom. The highest BCUT2D eigenvalue weighted by molar-refractivity contribution is 6.39. The highest BCUT2D eigenvalue weighted by Crippen LogP contribution is 2.53. The second kappa shape index (κ2) is 9.19. The number of likely N-dealkylation sites (N-methyl/N-ethyl adjacent to an activating group) is 1. The summed E-state index contributed by atoms with van der Waals surface area (Å²) in [6, 6.07) is 7.90. The Hall–Kier alpha value is -3.35. The lowest BCUT2D eigenvalue weighted by molar-refractivity contribution is -0.117. The first-order valence-electron chi connectivity index (χ1n) is 12.6. The number of hydrogen-bond donors (Lipinski definition) is 2. The molecule has 1 aliphatic carbocycles. The number of halogens is 2. The molecule has 0 saturated heterocycles. The average Bonchev–Trinajstić information content (AvgIpc) is 2.86. The molecule has 0 unspecified atom stereocenters. The number of hydrogen-bond acceptors (Lipinski definition) is 4. The number of anilines is 2. The SMILES string of the molecule is CCN(CC)C1=C[C-](Cl)C(=C2c3cc4c(cc3Oc3cc5c(cc32)CCC(=O)N5)NC(=O)CC4)C(Cl)=C1. The maximum atomic E-state index is 12.1. The Morgan fingerprint density at radius 2 is 1.43 bits per heavy atom. The van der Waals surface area contributed by atoms with Crippen LogP contribution in [0.5, 0.6) is 11.5 Å². The first-order valence-corrected chi connectivity index (χ1v) is 13.3. The van der Waals surface area contributed by atoms with E-state index in [1.807, 2.05) is 24.3 Å². The third-order valence-electron chi connectivity index (χ3n) is 7.37. The van der Waals surface area contributed by atoms with E-state index in [4.69, 9.17) is 27.9 Å². The number of rotatable bonds is 3. The minimum atomic E-state index is -0.0114. The Bertz CT molecular complexity index is 1380. The third-order valence-corrected chi connectivity index (χ3v) is 7.96. The summed E-state index contributed by atoms with van der Waals surface area (Å²) < 4.78 is 6.39. The molecule has 6 nitrogen and oxygen atoms in total. The van der Waals surface area contributed by atoms with E-state index in [1.54, 1.807) is 0 Å². The topological polar surface area (TPSA) is 70.7 Å². The van der Waals surface area contributed by atoms with Crippen molar-refractivity contribution in [2.45, 2.75) is 39.5 Å². The number of fused-ring (bicyclic) bond motifs is 4. The van der Waals surface area contributed by atoms with Crippen LogP contribution < -0.4 is 15.4 Å².